The van der Waals surface area contributed by atoms with Crippen LogP contribution in [0.4, 0.5) is 0 Å². The van der Waals surface area contributed by atoms with E-state index in [0.717, 1.165) is 38.0 Å². The maximum atomic E-state index is 13.6. The van der Waals surface area contributed by atoms with Gasteiger partial charge >= 0.3 is 0 Å². The van der Waals surface area contributed by atoms with Gasteiger partial charge in [0.2, 0.25) is 0 Å². The summed E-state index contributed by atoms with van der Waals surface area (Å²) in [5.41, 5.74) is 16.7. The molecule has 15 heteroatoms. The third-order valence-electron chi connectivity index (χ3n) is 7.69. The molecule has 1 saturated heterocycles. The van der Waals surface area contributed by atoms with Gasteiger partial charge in [-0.25, -0.2) is 0 Å². The van der Waals surface area contributed by atoms with Gasteiger partial charge in [-0.3, -0.25) is 14.5 Å². The molecule has 266 valence electrons. The number of rotatable bonds is 25. The van der Waals surface area contributed by atoms with Crippen molar-refractivity contribution in [3.8, 4) is 0 Å². The maximum Gasteiger partial charge on any atom is 0.255 e. The Kier molecular flexibility index (Phi) is 19.4. The molecule has 15 nitrogen and oxygen atoms in total. The molecule has 2 aromatic rings. The van der Waals surface area contributed by atoms with Crippen molar-refractivity contribution in [3.63, 3.8) is 0 Å². The number of aromatic nitrogens is 1. The number of nitrogens with zero attached hydrogens (tertiary/aromatic N) is 6. The van der Waals surface area contributed by atoms with Crippen LogP contribution in [0, 0.1) is 0 Å². The zero-order chi connectivity index (χ0) is 34.2. The number of amides is 1. The Bertz CT molecular complexity index is 1280. The van der Waals surface area contributed by atoms with Gasteiger partial charge in [0.1, 0.15) is 0 Å². The molecule has 1 amide bonds. The van der Waals surface area contributed by atoms with Crippen molar-refractivity contribution in [2.24, 2.45) is 10.8 Å². The highest BCUT2D eigenvalue weighted by Gasteiger charge is 2.18. The van der Waals surface area contributed by atoms with E-state index in [0.29, 0.717) is 77.5 Å². The van der Waals surface area contributed by atoms with Crippen molar-refractivity contribution in [3.05, 3.63) is 80.1 Å². The lowest BCUT2D eigenvalue weighted by molar-refractivity contribution is 0.00734. The van der Waals surface area contributed by atoms with Crippen molar-refractivity contribution >= 4 is 5.91 Å². The van der Waals surface area contributed by atoms with Crippen molar-refractivity contribution < 1.29 is 33.6 Å². The van der Waals surface area contributed by atoms with Crippen LogP contribution >= 0.6 is 0 Å². The average molecular weight is 674 g/mol. The summed E-state index contributed by atoms with van der Waals surface area (Å²) < 4.78 is 28.9. The molecule has 1 fully saturated rings. The Balaban J connectivity index is 1.51. The number of piperidine rings is 1. The number of pyridine rings is 1. The Morgan fingerprint density at radius 2 is 1.38 bits per heavy atom. The van der Waals surface area contributed by atoms with Gasteiger partial charge < -0.3 is 44.0 Å². The molecule has 0 saturated carbocycles. The summed E-state index contributed by atoms with van der Waals surface area (Å²) in [5, 5.41) is 12.2. The fraction of sp³-hybridized carbons (Fsp3) is 0.636. The number of nitrogens with two attached hydrogens (primary N) is 1. The highest BCUT2D eigenvalue weighted by Crippen LogP contribution is 2.14. The number of likely N-dealkylation sites (tertiary alicyclic amines) is 1. The van der Waals surface area contributed by atoms with Crippen LogP contribution in [0.5, 0.6) is 0 Å². The molecule has 3 rings (SSSR count). The number of benzene rings is 1. The summed E-state index contributed by atoms with van der Waals surface area (Å²) in [7, 11) is 0. The summed E-state index contributed by atoms with van der Waals surface area (Å²) in [6.45, 7) is 7.39. The summed E-state index contributed by atoms with van der Waals surface area (Å²) >= 11 is 0. The predicted octanol–water partition coefficient (Wildman–Crippen LogP) is 1.65. The van der Waals surface area contributed by atoms with Crippen LogP contribution in [0.2, 0.25) is 0 Å². The number of carbonyl (C=O) groups is 1. The maximum absolute atomic E-state index is 13.6. The highest BCUT2D eigenvalue weighted by molar-refractivity contribution is 5.93. The zero-order valence-corrected chi connectivity index (χ0v) is 27.8. The lowest BCUT2D eigenvalue weighted by Crippen LogP contribution is -2.39. The van der Waals surface area contributed by atoms with Gasteiger partial charge in [0, 0.05) is 49.4 Å². The van der Waals surface area contributed by atoms with Crippen LogP contribution in [-0.2, 0) is 36.8 Å². The van der Waals surface area contributed by atoms with Gasteiger partial charge in [0.25, 0.3) is 11.5 Å². The molecule has 0 atom stereocenters. The summed E-state index contributed by atoms with van der Waals surface area (Å²) in [6, 6.07) is 11.5. The van der Waals surface area contributed by atoms with E-state index in [9.17, 15) is 9.59 Å². The first kappa shape index (κ1) is 39.1. The molecule has 0 radical (unpaired) electrons. The van der Waals surface area contributed by atoms with Gasteiger partial charge in [-0.05, 0) is 48.7 Å². The SMILES string of the molecule is [N-]=[N+]=NCCOCCOCCOCCN(CCOCCOCCO)C(=O)c1ccc(=O)n(Cc2ccc(CN3CCC(N)CC3)cc2)c1. The molecule has 1 aromatic heterocycles. The average Bonchev–Trinajstić information content (AvgIpc) is 3.10. The quantitative estimate of drug-likeness (QED) is 0.0679. The number of hydrogen-bond donors (Lipinski definition) is 2. The molecular weight excluding hydrogens is 622 g/mol. The second kappa shape index (κ2) is 23.9. The smallest absolute Gasteiger partial charge is 0.255 e. The Morgan fingerprint density at radius 1 is 0.833 bits per heavy atom. The molecule has 0 bridgehead atoms. The van der Waals surface area contributed by atoms with E-state index in [1.165, 1.54) is 11.6 Å². The molecule has 1 aliphatic heterocycles. The molecule has 3 N–H and O–H groups in total. The van der Waals surface area contributed by atoms with Gasteiger partial charge in [-0.15, -0.1) is 0 Å². The van der Waals surface area contributed by atoms with E-state index in [2.05, 4.69) is 27.1 Å². The Morgan fingerprint density at radius 3 is 1.96 bits per heavy atom. The first-order valence-corrected chi connectivity index (χ1v) is 16.6. The van der Waals surface area contributed by atoms with Crippen molar-refractivity contribution in [1.82, 2.24) is 14.4 Å². The molecule has 0 unspecified atom stereocenters. The monoisotopic (exact) mass is 673 g/mol. The highest BCUT2D eigenvalue weighted by atomic mass is 16.5. The Labute approximate surface area is 282 Å². The molecule has 48 heavy (non-hydrogen) atoms. The minimum atomic E-state index is -0.238. The van der Waals surface area contributed by atoms with E-state index in [1.54, 1.807) is 21.7 Å². The van der Waals surface area contributed by atoms with Crippen molar-refractivity contribution in [2.45, 2.75) is 32.0 Å². The van der Waals surface area contributed by atoms with Crippen LogP contribution in [-0.4, -0.2) is 137 Å². The normalized spacial score (nSPS) is 13.8. The minimum Gasteiger partial charge on any atom is -0.394 e. The number of aliphatic hydroxyl groups excluding tert-OH is 1. The third kappa shape index (κ3) is 15.7. The number of ether oxygens (including phenoxy) is 5. The fourth-order valence-corrected chi connectivity index (χ4v) is 5.02. The first-order valence-electron chi connectivity index (χ1n) is 16.6. The predicted molar refractivity (Wildman–Crippen MR) is 180 cm³/mol. The molecular formula is C33H51N7O8. The second-order valence-electron chi connectivity index (χ2n) is 11.3. The van der Waals surface area contributed by atoms with Crippen LogP contribution in [0.1, 0.15) is 34.3 Å². The molecule has 2 heterocycles. The standard InChI is InChI=1S/C33H51N7O8/c34-31-7-10-38(11-8-31)25-28-1-3-29(4-2-28)26-40-27-30(5-6-32(40)42)33(43)39(12-16-45-20-22-47-18-14-41)13-17-46-21-24-48-23-19-44-15-9-36-37-35/h1-6,27,31,41H,7-26,34H2. The fourth-order valence-electron chi connectivity index (χ4n) is 5.02. The van der Waals surface area contributed by atoms with Gasteiger partial charge in [0.15, 0.2) is 0 Å². The molecule has 1 aliphatic rings. The Hall–Kier alpha value is -3.37. The van der Waals surface area contributed by atoms with Crippen molar-refractivity contribution in [1.29, 1.82) is 0 Å². The number of azide groups is 1. The van der Waals surface area contributed by atoms with Crippen LogP contribution < -0.4 is 11.3 Å². The van der Waals surface area contributed by atoms with E-state index >= 15 is 0 Å². The molecule has 1 aromatic carbocycles. The van der Waals surface area contributed by atoms with Crippen LogP contribution in [0.15, 0.2) is 52.5 Å². The third-order valence-corrected chi connectivity index (χ3v) is 7.69. The second-order valence-corrected chi connectivity index (χ2v) is 11.3. The summed E-state index contributed by atoms with van der Waals surface area (Å²) in [6.07, 6.45) is 3.64. The number of hydrogen-bond acceptors (Lipinski definition) is 11. The number of carbonyl (C=O) groups excluding carboxylic acids is 1. The lowest BCUT2D eigenvalue weighted by Gasteiger charge is -2.30. The van der Waals surface area contributed by atoms with E-state index < -0.39 is 0 Å². The van der Waals surface area contributed by atoms with Gasteiger partial charge in [-0.1, -0.05) is 29.4 Å². The topological polar surface area (TPSA) is 187 Å². The van der Waals surface area contributed by atoms with Crippen molar-refractivity contribution in [2.75, 3.05) is 105 Å². The summed E-state index contributed by atoms with van der Waals surface area (Å²) in [5.74, 6) is -0.238. The van der Waals surface area contributed by atoms with Crippen LogP contribution in [0.3, 0.4) is 0 Å². The zero-order valence-electron chi connectivity index (χ0n) is 27.8. The van der Waals surface area contributed by atoms with Gasteiger partial charge in [0.05, 0.1) is 84.8 Å². The van der Waals surface area contributed by atoms with E-state index in [4.69, 9.17) is 40.1 Å². The van der Waals surface area contributed by atoms with E-state index in [1.807, 2.05) is 12.1 Å². The molecule has 0 spiro atoms. The number of aliphatic hydroxyl groups is 1. The largest absolute Gasteiger partial charge is 0.394 e. The lowest BCUT2D eigenvalue weighted by atomic mass is 10.0. The van der Waals surface area contributed by atoms with E-state index in [-0.39, 0.29) is 44.4 Å². The van der Waals surface area contributed by atoms with Gasteiger partial charge in [-0.2, -0.15) is 0 Å². The first-order chi connectivity index (χ1) is 23.5. The minimum absolute atomic E-state index is 0.0535. The summed E-state index contributed by atoms with van der Waals surface area (Å²) in [4.78, 5) is 33.1. The van der Waals surface area contributed by atoms with Crippen LogP contribution in [0.25, 0.3) is 10.4 Å². The molecule has 0 aliphatic carbocycles.